The Bertz CT molecular complexity index is 622. The molecule has 1 aromatic carbocycles. The van der Waals surface area contributed by atoms with Crippen LogP contribution in [0.25, 0.3) is 0 Å². The normalized spacial score (nSPS) is 12.3. The number of aryl methyl sites for hydroxylation is 2. The molecule has 6 heteroatoms. The minimum atomic E-state index is -1.20. The van der Waals surface area contributed by atoms with Gasteiger partial charge in [-0.3, -0.25) is 8.89 Å². The average Bonchev–Trinajstić information content (AvgIpc) is 2.82. The average molecular weight is 278 g/mol. The van der Waals surface area contributed by atoms with Gasteiger partial charge in [0.25, 0.3) is 0 Å². The Morgan fingerprint density at radius 3 is 2.89 bits per heavy atom. The molecule has 2 aromatic rings. The second-order valence-corrected chi connectivity index (χ2v) is 5.73. The largest absolute Gasteiger partial charge is 0.478 e. The molecular weight excluding hydrogens is 264 g/mol. The van der Waals surface area contributed by atoms with Crippen LogP contribution in [0, 0.1) is 0 Å². The van der Waals surface area contributed by atoms with Crippen molar-refractivity contribution < 1.29 is 14.1 Å². The summed E-state index contributed by atoms with van der Waals surface area (Å²) in [5, 5.41) is 12.9. The third kappa shape index (κ3) is 3.51. The summed E-state index contributed by atoms with van der Waals surface area (Å²) in [5.74, 6) is -0.555. The highest BCUT2D eigenvalue weighted by Crippen LogP contribution is 2.11. The maximum atomic E-state index is 12.1. The van der Waals surface area contributed by atoms with Gasteiger partial charge in [-0.05, 0) is 30.2 Å². The second kappa shape index (κ2) is 5.79. The summed E-state index contributed by atoms with van der Waals surface area (Å²) in [5.41, 5.74) is 1.18. The van der Waals surface area contributed by atoms with Gasteiger partial charge in [0.05, 0.1) is 22.6 Å². The molecule has 2 rings (SSSR count). The number of carbonyl (C=O) groups is 1. The van der Waals surface area contributed by atoms with E-state index in [2.05, 4.69) is 5.10 Å². The summed E-state index contributed by atoms with van der Waals surface area (Å²) in [7, 11) is 0.628. The molecule has 0 amide bonds. The number of benzene rings is 1. The summed E-state index contributed by atoms with van der Waals surface area (Å²) >= 11 is 0. The lowest BCUT2D eigenvalue weighted by molar-refractivity contribution is 0.0696. The van der Waals surface area contributed by atoms with Gasteiger partial charge in [0.1, 0.15) is 0 Å². The Hall–Kier alpha value is -1.95. The summed E-state index contributed by atoms with van der Waals surface area (Å²) in [6.07, 6.45) is 4.27. The zero-order valence-electron chi connectivity index (χ0n) is 10.4. The van der Waals surface area contributed by atoms with Gasteiger partial charge in [-0.2, -0.15) is 5.10 Å². The fourth-order valence-electron chi connectivity index (χ4n) is 1.70. The standard InChI is InChI=1S/C13H14N2O3S/c1-15-9-10(8-14-15)5-6-19(18)12-4-2-3-11(7-12)13(16)17/h2-4,7-9H,5-6H2,1H3,(H,16,17). The molecule has 0 spiro atoms. The molecular formula is C13H14N2O3S. The van der Waals surface area contributed by atoms with Crippen LogP contribution in [0.5, 0.6) is 0 Å². The molecule has 1 N–H and O–H groups in total. The van der Waals surface area contributed by atoms with Gasteiger partial charge in [-0.15, -0.1) is 0 Å². The number of aromatic carboxylic acids is 1. The van der Waals surface area contributed by atoms with Crippen molar-refractivity contribution in [3.8, 4) is 0 Å². The van der Waals surface area contributed by atoms with Crippen molar-refractivity contribution in [2.24, 2.45) is 7.05 Å². The molecule has 0 radical (unpaired) electrons. The topological polar surface area (TPSA) is 72.2 Å². The van der Waals surface area contributed by atoms with E-state index in [9.17, 15) is 9.00 Å². The van der Waals surface area contributed by atoms with Crippen LogP contribution < -0.4 is 0 Å². The van der Waals surface area contributed by atoms with Crippen molar-refractivity contribution >= 4 is 16.8 Å². The molecule has 0 aliphatic carbocycles. The van der Waals surface area contributed by atoms with E-state index in [0.29, 0.717) is 17.1 Å². The van der Waals surface area contributed by atoms with Crippen LogP contribution >= 0.6 is 0 Å². The Morgan fingerprint density at radius 1 is 1.47 bits per heavy atom. The number of hydrogen-bond acceptors (Lipinski definition) is 3. The fraction of sp³-hybridized carbons (Fsp3) is 0.231. The monoisotopic (exact) mass is 278 g/mol. The molecule has 1 atom stereocenters. The Kier molecular flexibility index (Phi) is 4.11. The molecule has 0 bridgehead atoms. The van der Waals surface area contributed by atoms with Crippen molar-refractivity contribution in [3.63, 3.8) is 0 Å². The SMILES string of the molecule is Cn1cc(CCS(=O)c2cccc(C(=O)O)c2)cn1. The highest BCUT2D eigenvalue weighted by atomic mass is 32.2. The first-order valence-electron chi connectivity index (χ1n) is 5.75. The second-order valence-electron chi connectivity index (χ2n) is 4.15. The van der Waals surface area contributed by atoms with Crippen molar-refractivity contribution in [3.05, 3.63) is 47.8 Å². The van der Waals surface area contributed by atoms with E-state index < -0.39 is 16.8 Å². The van der Waals surface area contributed by atoms with Crippen LogP contribution in [0.2, 0.25) is 0 Å². The molecule has 1 heterocycles. The van der Waals surface area contributed by atoms with Gasteiger partial charge in [-0.1, -0.05) is 6.07 Å². The van der Waals surface area contributed by atoms with Gasteiger partial charge in [0, 0.05) is 23.9 Å². The van der Waals surface area contributed by atoms with E-state index in [1.165, 1.54) is 12.1 Å². The van der Waals surface area contributed by atoms with Gasteiger partial charge < -0.3 is 5.11 Å². The first-order chi connectivity index (χ1) is 9.06. The fourth-order valence-corrected chi connectivity index (χ4v) is 2.85. The maximum Gasteiger partial charge on any atom is 0.335 e. The summed E-state index contributed by atoms with van der Waals surface area (Å²) < 4.78 is 13.8. The third-order valence-corrected chi connectivity index (χ3v) is 4.03. The molecule has 0 fully saturated rings. The summed E-state index contributed by atoms with van der Waals surface area (Å²) in [6, 6.07) is 6.25. The number of carboxylic acid groups (broad SMARTS) is 1. The number of hydrogen-bond donors (Lipinski definition) is 1. The zero-order valence-corrected chi connectivity index (χ0v) is 11.3. The number of rotatable bonds is 5. The lowest BCUT2D eigenvalue weighted by Crippen LogP contribution is -2.03. The van der Waals surface area contributed by atoms with E-state index >= 15 is 0 Å². The minimum Gasteiger partial charge on any atom is -0.478 e. The quantitative estimate of drug-likeness (QED) is 0.899. The first kappa shape index (κ1) is 13.5. The summed E-state index contributed by atoms with van der Waals surface area (Å²) in [4.78, 5) is 11.4. The van der Waals surface area contributed by atoms with Crippen LogP contribution in [0.4, 0.5) is 0 Å². The first-order valence-corrected chi connectivity index (χ1v) is 7.07. The number of nitrogens with zero attached hydrogens (tertiary/aromatic N) is 2. The molecule has 1 aromatic heterocycles. The van der Waals surface area contributed by atoms with Crippen molar-refractivity contribution in [2.45, 2.75) is 11.3 Å². The van der Waals surface area contributed by atoms with Crippen molar-refractivity contribution in [1.29, 1.82) is 0 Å². The Labute approximate surface area is 113 Å². The lowest BCUT2D eigenvalue weighted by atomic mass is 10.2. The number of aromatic nitrogens is 2. The van der Waals surface area contributed by atoms with Crippen LogP contribution in [0.15, 0.2) is 41.6 Å². The van der Waals surface area contributed by atoms with Crippen LogP contribution in [-0.2, 0) is 24.3 Å². The smallest absolute Gasteiger partial charge is 0.335 e. The van der Waals surface area contributed by atoms with E-state index in [1.54, 1.807) is 23.0 Å². The van der Waals surface area contributed by atoms with Crippen LogP contribution in [0.1, 0.15) is 15.9 Å². The van der Waals surface area contributed by atoms with Gasteiger partial charge in [-0.25, -0.2) is 4.79 Å². The lowest BCUT2D eigenvalue weighted by Gasteiger charge is -2.02. The Morgan fingerprint density at radius 2 is 2.26 bits per heavy atom. The zero-order chi connectivity index (χ0) is 13.8. The molecule has 0 aliphatic rings. The molecule has 1 unspecified atom stereocenters. The maximum absolute atomic E-state index is 12.1. The van der Waals surface area contributed by atoms with E-state index in [4.69, 9.17) is 5.11 Å². The molecule has 5 nitrogen and oxygen atoms in total. The highest BCUT2D eigenvalue weighted by Gasteiger charge is 2.09. The molecule has 19 heavy (non-hydrogen) atoms. The molecule has 0 saturated carbocycles. The van der Waals surface area contributed by atoms with E-state index in [0.717, 1.165) is 5.56 Å². The van der Waals surface area contributed by atoms with Crippen LogP contribution in [0.3, 0.4) is 0 Å². The van der Waals surface area contributed by atoms with Crippen molar-refractivity contribution in [1.82, 2.24) is 9.78 Å². The van der Waals surface area contributed by atoms with Gasteiger partial charge >= 0.3 is 5.97 Å². The highest BCUT2D eigenvalue weighted by molar-refractivity contribution is 7.85. The number of carboxylic acids is 1. The molecule has 0 aliphatic heterocycles. The predicted molar refractivity (Wildman–Crippen MR) is 71.6 cm³/mol. The van der Waals surface area contributed by atoms with Gasteiger partial charge in [0.15, 0.2) is 0 Å². The third-order valence-electron chi connectivity index (χ3n) is 2.68. The van der Waals surface area contributed by atoms with Crippen molar-refractivity contribution in [2.75, 3.05) is 5.75 Å². The van der Waals surface area contributed by atoms with E-state index in [1.807, 2.05) is 13.2 Å². The van der Waals surface area contributed by atoms with Crippen LogP contribution in [-0.4, -0.2) is 30.8 Å². The molecule has 0 saturated heterocycles. The summed E-state index contributed by atoms with van der Waals surface area (Å²) in [6.45, 7) is 0. The van der Waals surface area contributed by atoms with E-state index in [-0.39, 0.29) is 5.56 Å². The van der Waals surface area contributed by atoms with Gasteiger partial charge in [0.2, 0.25) is 0 Å². The predicted octanol–water partition coefficient (Wildman–Crippen LogP) is 1.47. The molecule has 100 valence electrons. The minimum absolute atomic E-state index is 0.159. The Balaban J connectivity index is 2.03.